The summed E-state index contributed by atoms with van der Waals surface area (Å²) < 4.78 is 7.18. The fraction of sp³-hybridized carbons (Fsp3) is 0.167. The van der Waals surface area contributed by atoms with E-state index in [1.165, 1.54) is 0 Å². The van der Waals surface area contributed by atoms with Crippen LogP contribution in [-0.4, -0.2) is 25.2 Å². The molecule has 6 nitrogen and oxygen atoms in total. The van der Waals surface area contributed by atoms with Crippen LogP contribution in [0.25, 0.3) is 11.5 Å². The molecule has 0 radical (unpaired) electrons. The quantitative estimate of drug-likeness (QED) is 0.682. The normalized spacial score (nSPS) is 10.8. The van der Waals surface area contributed by atoms with Gasteiger partial charge >= 0.3 is 0 Å². The average molecular weight is 276 g/mol. The van der Waals surface area contributed by atoms with Gasteiger partial charge in [0.25, 0.3) is 0 Å². The number of rotatable bonds is 4. The second-order valence-electron chi connectivity index (χ2n) is 3.91. The Hall–Kier alpha value is -2.21. The molecule has 0 bridgehead atoms. The lowest BCUT2D eigenvalue weighted by Crippen LogP contribution is -2.00. The van der Waals surface area contributed by atoms with Crippen molar-refractivity contribution in [3.63, 3.8) is 0 Å². The minimum atomic E-state index is 0.332. The van der Waals surface area contributed by atoms with Crippen LogP contribution in [0.1, 0.15) is 11.6 Å². The zero-order valence-electron chi connectivity index (χ0n) is 9.90. The van der Waals surface area contributed by atoms with E-state index in [1.807, 2.05) is 30.3 Å². The Balaban J connectivity index is 1.78. The molecule has 0 aliphatic heterocycles. The summed E-state index contributed by atoms with van der Waals surface area (Å²) in [6, 6.07) is 9.60. The van der Waals surface area contributed by atoms with E-state index in [4.69, 9.17) is 16.0 Å². The molecular formula is C12H10ClN5O. The van der Waals surface area contributed by atoms with Crippen LogP contribution in [0.4, 0.5) is 0 Å². The van der Waals surface area contributed by atoms with Gasteiger partial charge in [-0.1, -0.05) is 23.4 Å². The predicted octanol–water partition coefficient (Wildman–Crippen LogP) is 2.12. The molecule has 0 unspecified atom stereocenters. The number of hydrogen-bond acceptors (Lipinski definition) is 5. The molecule has 7 heteroatoms. The molecule has 19 heavy (non-hydrogen) atoms. The summed E-state index contributed by atoms with van der Waals surface area (Å²) in [5.41, 5.74) is 1.60. The molecule has 0 saturated carbocycles. The lowest BCUT2D eigenvalue weighted by atomic mass is 10.2. The first-order valence-electron chi connectivity index (χ1n) is 5.68. The van der Waals surface area contributed by atoms with Gasteiger partial charge in [-0.05, 0) is 12.1 Å². The molecule has 96 valence electrons. The highest BCUT2D eigenvalue weighted by Crippen LogP contribution is 2.17. The minimum Gasteiger partial charge on any atom is -0.419 e. The fourth-order valence-electron chi connectivity index (χ4n) is 1.63. The molecule has 0 fully saturated rings. The molecule has 3 rings (SSSR count). The van der Waals surface area contributed by atoms with Gasteiger partial charge in [0.05, 0.1) is 17.8 Å². The van der Waals surface area contributed by atoms with Crippen molar-refractivity contribution in [2.24, 2.45) is 0 Å². The van der Waals surface area contributed by atoms with Gasteiger partial charge in [-0.15, -0.1) is 26.9 Å². The monoisotopic (exact) mass is 275 g/mol. The first kappa shape index (κ1) is 11.9. The van der Waals surface area contributed by atoms with Gasteiger partial charge in [-0.3, -0.25) is 0 Å². The van der Waals surface area contributed by atoms with Crippen molar-refractivity contribution in [3.05, 3.63) is 48.1 Å². The molecule has 3 aromatic rings. The van der Waals surface area contributed by atoms with Crippen LogP contribution >= 0.6 is 11.6 Å². The summed E-state index contributed by atoms with van der Waals surface area (Å²) in [7, 11) is 0. The van der Waals surface area contributed by atoms with E-state index < -0.39 is 0 Å². The number of aromatic nitrogens is 5. The Morgan fingerprint density at radius 3 is 2.68 bits per heavy atom. The number of hydrogen-bond donors (Lipinski definition) is 0. The zero-order chi connectivity index (χ0) is 13.1. The maximum absolute atomic E-state index is 5.66. The third-order valence-electron chi connectivity index (χ3n) is 2.51. The molecule has 0 N–H and O–H groups in total. The van der Waals surface area contributed by atoms with Crippen molar-refractivity contribution < 1.29 is 4.42 Å². The van der Waals surface area contributed by atoms with Gasteiger partial charge in [-0.2, -0.15) is 0 Å². The molecule has 0 aliphatic carbocycles. The molecule has 2 aromatic heterocycles. The van der Waals surface area contributed by atoms with Crippen molar-refractivity contribution in [1.29, 1.82) is 0 Å². The summed E-state index contributed by atoms with van der Waals surface area (Å²) in [5.74, 6) is 1.30. The van der Waals surface area contributed by atoms with E-state index in [2.05, 4.69) is 20.5 Å². The van der Waals surface area contributed by atoms with Crippen LogP contribution in [-0.2, 0) is 12.4 Å². The van der Waals surface area contributed by atoms with E-state index in [-0.39, 0.29) is 0 Å². The van der Waals surface area contributed by atoms with Crippen LogP contribution < -0.4 is 0 Å². The minimum absolute atomic E-state index is 0.332. The standard InChI is InChI=1S/C12H10ClN5O/c13-6-10-7-18(17-14-10)8-11-15-16-12(19-11)9-4-2-1-3-5-9/h1-5,7H,6,8H2. The second kappa shape index (κ2) is 5.19. The van der Waals surface area contributed by atoms with Crippen molar-refractivity contribution in [3.8, 4) is 11.5 Å². The van der Waals surface area contributed by atoms with E-state index in [1.54, 1.807) is 10.9 Å². The van der Waals surface area contributed by atoms with Gasteiger partial charge in [-0.25, -0.2) is 4.68 Å². The van der Waals surface area contributed by atoms with E-state index in [0.717, 1.165) is 5.56 Å². The highest BCUT2D eigenvalue weighted by molar-refractivity contribution is 6.16. The average Bonchev–Trinajstić information content (AvgIpc) is 3.09. The number of benzene rings is 1. The number of alkyl halides is 1. The van der Waals surface area contributed by atoms with Crippen molar-refractivity contribution in [2.75, 3.05) is 0 Å². The van der Waals surface area contributed by atoms with Crippen molar-refractivity contribution in [2.45, 2.75) is 12.4 Å². The Morgan fingerprint density at radius 1 is 1.11 bits per heavy atom. The molecular weight excluding hydrogens is 266 g/mol. The summed E-state index contributed by atoms with van der Waals surface area (Å²) in [5, 5.41) is 15.8. The van der Waals surface area contributed by atoms with Crippen molar-refractivity contribution >= 4 is 11.6 Å². The fourth-order valence-corrected chi connectivity index (χ4v) is 1.75. The summed E-state index contributed by atoms with van der Waals surface area (Å²) >= 11 is 5.66. The van der Waals surface area contributed by atoms with E-state index in [9.17, 15) is 0 Å². The molecule has 2 heterocycles. The largest absolute Gasteiger partial charge is 0.419 e. The van der Waals surface area contributed by atoms with Crippen molar-refractivity contribution in [1.82, 2.24) is 25.2 Å². The third-order valence-corrected chi connectivity index (χ3v) is 2.78. The van der Waals surface area contributed by atoms with Gasteiger partial charge in [0, 0.05) is 5.56 Å². The number of halogens is 1. The summed E-state index contributed by atoms with van der Waals surface area (Å²) in [4.78, 5) is 0. The van der Waals surface area contributed by atoms with Crippen LogP contribution in [0.3, 0.4) is 0 Å². The Morgan fingerprint density at radius 2 is 1.95 bits per heavy atom. The van der Waals surface area contributed by atoms with E-state index >= 15 is 0 Å². The highest BCUT2D eigenvalue weighted by Gasteiger charge is 2.09. The second-order valence-corrected chi connectivity index (χ2v) is 4.18. The first-order valence-corrected chi connectivity index (χ1v) is 6.21. The molecule has 0 saturated heterocycles. The smallest absolute Gasteiger partial charge is 0.247 e. The molecule has 0 aliphatic rings. The van der Waals surface area contributed by atoms with Crippen LogP contribution in [0.5, 0.6) is 0 Å². The lowest BCUT2D eigenvalue weighted by molar-refractivity contribution is 0.469. The molecule has 1 aromatic carbocycles. The third kappa shape index (κ3) is 2.63. The Kier molecular flexibility index (Phi) is 3.24. The maximum Gasteiger partial charge on any atom is 0.247 e. The lowest BCUT2D eigenvalue weighted by Gasteiger charge is -1.94. The van der Waals surface area contributed by atoms with Gasteiger partial charge in [0.1, 0.15) is 6.54 Å². The van der Waals surface area contributed by atoms with Crippen LogP contribution in [0.2, 0.25) is 0 Å². The van der Waals surface area contributed by atoms with Crippen LogP contribution in [0, 0.1) is 0 Å². The number of nitrogens with zero attached hydrogens (tertiary/aromatic N) is 5. The summed E-state index contributed by atoms with van der Waals surface area (Å²) in [6.07, 6.45) is 1.75. The molecule has 0 spiro atoms. The first-order chi connectivity index (χ1) is 9.35. The highest BCUT2D eigenvalue weighted by atomic mass is 35.5. The van der Waals surface area contributed by atoms with Crippen LogP contribution in [0.15, 0.2) is 40.9 Å². The maximum atomic E-state index is 5.66. The topological polar surface area (TPSA) is 69.6 Å². The molecule has 0 atom stereocenters. The van der Waals surface area contributed by atoms with Gasteiger partial charge in [0.2, 0.25) is 11.8 Å². The zero-order valence-corrected chi connectivity index (χ0v) is 10.7. The predicted molar refractivity (Wildman–Crippen MR) is 68.4 cm³/mol. The van der Waals surface area contributed by atoms with Gasteiger partial charge < -0.3 is 4.42 Å². The Labute approximate surface area is 114 Å². The van der Waals surface area contributed by atoms with Gasteiger partial charge in [0.15, 0.2) is 0 Å². The van der Waals surface area contributed by atoms with E-state index in [0.29, 0.717) is 29.9 Å². The Bertz CT molecular complexity index is 664. The SMILES string of the molecule is ClCc1cn(Cc2nnc(-c3ccccc3)o2)nn1. The molecule has 0 amide bonds. The summed E-state index contributed by atoms with van der Waals surface area (Å²) in [6.45, 7) is 0.379.